The van der Waals surface area contributed by atoms with Gasteiger partial charge in [-0.3, -0.25) is 14.5 Å². The first kappa shape index (κ1) is 20.3. The van der Waals surface area contributed by atoms with Crippen LogP contribution in [0, 0.1) is 5.82 Å². The zero-order chi connectivity index (χ0) is 21.2. The van der Waals surface area contributed by atoms with Gasteiger partial charge in [0.15, 0.2) is 6.04 Å². The molecule has 1 heterocycles. The smallest absolute Gasteiger partial charge is 0.337 e. The zero-order valence-corrected chi connectivity index (χ0v) is 14.8. The standard InChI is InChI=1S/C19H15F4N3O3/c20-14-7-5-12(6-8-14)16(19(21,22)23)25-17(28)13-3-1-11(2-4-13)10-26-15(27)9-24-18(26)29/h1-8,16H,9-10H2,(H,24,29)(H,25,28). The third-order valence-electron chi connectivity index (χ3n) is 4.30. The molecule has 4 amide bonds. The van der Waals surface area contributed by atoms with E-state index in [2.05, 4.69) is 5.32 Å². The van der Waals surface area contributed by atoms with Crippen LogP contribution in [-0.4, -0.2) is 35.5 Å². The summed E-state index contributed by atoms with van der Waals surface area (Å²) < 4.78 is 53.1. The second kappa shape index (κ2) is 7.90. The van der Waals surface area contributed by atoms with Crippen molar-refractivity contribution in [3.63, 3.8) is 0 Å². The number of hydrogen-bond acceptors (Lipinski definition) is 3. The summed E-state index contributed by atoms with van der Waals surface area (Å²) in [6, 6.07) is 6.29. The van der Waals surface area contributed by atoms with Crippen molar-refractivity contribution < 1.29 is 31.9 Å². The fourth-order valence-corrected chi connectivity index (χ4v) is 2.78. The van der Waals surface area contributed by atoms with Crippen molar-refractivity contribution in [3.8, 4) is 0 Å². The largest absolute Gasteiger partial charge is 0.412 e. The van der Waals surface area contributed by atoms with E-state index in [1.165, 1.54) is 24.3 Å². The Morgan fingerprint density at radius 1 is 1.07 bits per heavy atom. The highest BCUT2D eigenvalue weighted by Crippen LogP contribution is 2.33. The fourth-order valence-electron chi connectivity index (χ4n) is 2.78. The lowest BCUT2D eigenvalue weighted by Gasteiger charge is -2.22. The molecule has 0 saturated carbocycles. The van der Waals surface area contributed by atoms with E-state index in [0.717, 1.165) is 29.2 Å². The number of imide groups is 1. The number of halogens is 4. The molecule has 0 spiro atoms. The molecule has 2 aromatic carbocycles. The van der Waals surface area contributed by atoms with Crippen molar-refractivity contribution >= 4 is 17.8 Å². The normalized spacial score (nSPS) is 15.2. The van der Waals surface area contributed by atoms with Gasteiger partial charge in [0, 0.05) is 5.56 Å². The molecule has 2 N–H and O–H groups in total. The first-order valence-electron chi connectivity index (χ1n) is 8.45. The van der Waals surface area contributed by atoms with Crippen molar-refractivity contribution in [2.75, 3.05) is 6.54 Å². The van der Waals surface area contributed by atoms with Crippen LogP contribution in [0.1, 0.15) is 27.5 Å². The van der Waals surface area contributed by atoms with Gasteiger partial charge < -0.3 is 10.6 Å². The van der Waals surface area contributed by atoms with Gasteiger partial charge in [0.1, 0.15) is 5.82 Å². The molecule has 1 aliphatic heterocycles. The zero-order valence-electron chi connectivity index (χ0n) is 14.8. The van der Waals surface area contributed by atoms with E-state index in [9.17, 15) is 31.9 Å². The van der Waals surface area contributed by atoms with Crippen molar-refractivity contribution in [2.24, 2.45) is 0 Å². The van der Waals surface area contributed by atoms with Crippen LogP contribution >= 0.6 is 0 Å². The average molecular weight is 409 g/mol. The van der Waals surface area contributed by atoms with Crippen molar-refractivity contribution in [1.29, 1.82) is 0 Å². The summed E-state index contributed by atoms with van der Waals surface area (Å²) in [6.45, 7) is -0.116. The van der Waals surface area contributed by atoms with Gasteiger partial charge in [-0.15, -0.1) is 0 Å². The summed E-state index contributed by atoms with van der Waals surface area (Å²) in [6.07, 6.45) is -4.78. The number of carbonyl (C=O) groups is 3. The van der Waals surface area contributed by atoms with Crippen LogP contribution in [0.15, 0.2) is 48.5 Å². The molecule has 1 atom stereocenters. The Labute approximate surface area is 162 Å². The SMILES string of the molecule is O=C(NC(c1ccc(F)cc1)C(F)(F)F)c1ccc(CN2C(=O)CNC2=O)cc1. The van der Waals surface area contributed by atoms with Crippen LogP contribution < -0.4 is 10.6 Å². The number of carbonyl (C=O) groups excluding carboxylic acids is 3. The van der Waals surface area contributed by atoms with E-state index < -0.39 is 35.9 Å². The number of rotatable bonds is 5. The van der Waals surface area contributed by atoms with E-state index >= 15 is 0 Å². The molecule has 0 bridgehead atoms. The maximum absolute atomic E-state index is 13.4. The molecule has 0 radical (unpaired) electrons. The Hall–Kier alpha value is -3.43. The van der Waals surface area contributed by atoms with E-state index in [1.54, 1.807) is 0 Å². The maximum Gasteiger partial charge on any atom is 0.412 e. The van der Waals surface area contributed by atoms with Gasteiger partial charge in [-0.25, -0.2) is 9.18 Å². The number of hydrogen-bond donors (Lipinski definition) is 2. The van der Waals surface area contributed by atoms with Crippen LogP contribution in [0.2, 0.25) is 0 Å². The monoisotopic (exact) mass is 409 g/mol. The molecular weight excluding hydrogens is 394 g/mol. The van der Waals surface area contributed by atoms with Gasteiger partial charge in [0.05, 0.1) is 13.1 Å². The van der Waals surface area contributed by atoms with Crippen LogP contribution in [0.5, 0.6) is 0 Å². The van der Waals surface area contributed by atoms with Crippen LogP contribution in [0.4, 0.5) is 22.4 Å². The Bertz CT molecular complexity index is 911. The summed E-state index contributed by atoms with van der Waals surface area (Å²) >= 11 is 0. The molecule has 29 heavy (non-hydrogen) atoms. The third-order valence-corrected chi connectivity index (χ3v) is 4.30. The number of nitrogens with one attached hydrogen (secondary N) is 2. The molecule has 1 fully saturated rings. The van der Waals surface area contributed by atoms with Crippen LogP contribution in [0.3, 0.4) is 0 Å². The Kier molecular flexibility index (Phi) is 5.53. The predicted octanol–water partition coefficient (Wildman–Crippen LogP) is 2.91. The maximum atomic E-state index is 13.4. The minimum atomic E-state index is -4.78. The second-order valence-electron chi connectivity index (χ2n) is 6.34. The Morgan fingerprint density at radius 3 is 2.21 bits per heavy atom. The topological polar surface area (TPSA) is 78.5 Å². The van der Waals surface area contributed by atoms with E-state index in [0.29, 0.717) is 5.56 Å². The van der Waals surface area contributed by atoms with E-state index in [1.807, 2.05) is 5.32 Å². The van der Waals surface area contributed by atoms with Gasteiger partial charge in [0.2, 0.25) is 5.91 Å². The Morgan fingerprint density at radius 2 is 1.69 bits per heavy atom. The molecule has 0 aliphatic carbocycles. The summed E-state index contributed by atoms with van der Waals surface area (Å²) in [5.74, 6) is -2.07. The number of benzene rings is 2. The van der Waals surface area contributed by atoms with Crippen molar-refractivity contribution in [2.45, 2.75) is 18.8 Å². The van der Waals surface area contributed by atoms with E-state index in [-0.39, 0.29) is 24.2 Å². The highest BCUT2D eigenvalue weighted by Gasteiger charge is 2.42. The average Bonchev–Trinajstić information content (AvgIpc) is 2.98. The lowest BCUT2D eigenvalue weighted by Crippen LogP contribution is -2.38. The lowest BCUT2D eigenvalue weighted by molar-refractivity contribution is -0.155. The molecular formula is C19H15F4N3O3. The van der Waals surface area contributed by atoms with Gasteiger partial charge in [-0.05, 0) is 35.4 Å². The van der Waals surface area contributed by atoms with Gasteiger partial charge in [-0.2, -0.15) is 13.2 Å². The molecule has 1 aliphatic rings. The summed E-state index contributed by atoms with van der Waals surface area (Å²) in [5, 5.41) is 4.27. The summed E-state index contributed by atoms with van der Waals surface area (Å²) in [7, 11) is 0. The molecule has 2 aromatic rings. The molecule has 6 nitrogen and oxygen atoms in total. The molecule has 1 saturated heterocycles. The minimum Gasteiger partial charge on any atom is -0.337 e. The van der Waals surface area contributed by atoms with E-state index in [4.69, 9.17) is 0 Å². The van der Waals surface area contributed by atoms with Crippen molar-refractivity contribution in [3.05, 3.63) is 71.0 Å². The lowest BCUT2D eigenvalue weighted by atomic mass is 10.1. The first-order valence-corrected chi connectivity index (χ1v) is 8.45. The molecule has 0 aromatic heterocycles. The van der Waals surface area contributed by atoms with Gasteiger partial charge >= 0.3 is 12.2 Å². The second-order valence-corrected chi connectivity index (χ2v) is 6.34. The third kappa shape index (κ3) is 4.71. The number of amides is 4. The fraction of sp³-hybridized carbons (Fsp3) is 0.211. The number of urea groups is 1. The highest BCUT2D eigenvalue weighted by molar-refractivity contribution is 6.01. The number of nitrogens with zero attached hydrogens (tertiary/aromatic N) is 1. The predicted molar refractivity (Wildman–Crippen MR) is 93.1 cm³/mol. The first-order chi connectivity index (χ1) is 13.6. The highest BCUT2D eigenvalue weighted by atomic mass is 19.4. The quantitative estimate of drug-likeness (QED) is 0.589. The van der Waals surface area contributed by atoms with Gasteiger partial charge in [0.25, 0.3) is 5.91 Å². The van der Waals surface area contributed by atoms with Gasteiger partial charge in [-0.1, -0.05) is 24.3 Å². The molecule has 152 valence electrons. The minimum absolute atomic E-state index is 0.0205. The number of alkyl halides is 3. The molecule has 1 unspecified atom stereocenters. The van der Waals surface area contributed by atoms with Crippen LogP contribution in [0.25, 0.3) is 0 Å². The molecule has 3 rings (SSSR count). The summed E-state index contributed by atoms with van der Waals surface area (Å²) in [4.78, 5) is 36.4. The summed E-state index contributed by atoms with van der Waals surface area (Å²) in [5.41, 5.74) is 0.183. The Balaban J connectivity index is 1.72. The van der Waals surface area contributed by atoms with Crippen molar-refractivity contribution in [1.82, 2.24) is 15.5 Å². The van der Waals surface area contributed by atoms with Crippen LogP contribution in [-0.2, 0) is 11.3 Å². The molecule has 10 heteroatoms.